The van der Waals surface area contributed by atoms with Crippen LogP contribution < -0.4 is 63.3 Å². The van der Waals surface area contributed by atoms with Gasteiger partial charge in [-0.2, -0.15) is 61.5 Å². The zero-order valence-corrected chi connectivity index (χ0v) is 72.5. The molecule has 0 saturated heterocycles. The van der Waals surface area contributed by atoms with Crippen LogP contribution in [0.4, 0.5) is 142 Å². The zero-order chi connectivity index (χ0) is 105. The van der Waals surface area contributed by atoms with Crippen LogP contribution in [0, 0.1) is 188 Å². The Hall–Kier alpha value is -12.5. The van der Waals surface area contributed by atoms with Crippen LogP contribution in [-0.4, -0.2) is 85.0 Å². The number of rotatable bonds is 13. The molecule has 1 unspecified atom stereocenters. The van der Waals surface area contributed by atoms with Gasteiger partial charge in [-0.25, -0.2) is 126 Å². The number of alkyl halides is 3. The van der Waals surface area contributed by atoms with Crippen molar-refractivity contribution >= 4 is 60.8 Å². The Morgan fingerprint density at radius 3 is 0.899 bits per heavy atom. The second-order valence-electron chi connectivity index (χ2n) is 25.0. The van der Waals surface area contributed by atoms with Crippen LogP contribution in [0.25, 0.3) is 0 Å². The second-order valence-corrected chi connectivity index (χ2v) is 30.2. The summed E-state index contributed by atoms with van der Waals surface area (Å²) >= 11 is -0.128. The second kappa shape index (κ2) is 55.8. The molecule has 0 spiro atoms. The van der Waals surface area contributed by atoms with Gasteiger partial charge in [0.2, 0.25) is 98.6 Å². The fourth-order valence-electron chi connectivity index (χ4n) is 8.61. The molecule has 0 aliphatic carbocycles. The highest BCUT2D eigenvalue weighted by Gasteiger charge is 2.39. The van der Waals surface area contributed by atoms with Gasteiger partial charge in [0.25, 0.3) is 0 Å². The van der Waals surface area contributed by atoms with E-state index in [2.05, 4.69) is 72.2 Å². The number of nitrogens with zero attached hydrogens (tertiary/aromatic N) is 3. The molecule has 11 rings (SSSR count). The standard InChI is InChI=1S/C15H14IO.C13HF9O2.C13H5F5O2.C13H7F4NO2.C12H4F5NO2.C11H12F4NO.C2H6.CHF3O3S.3CH4.ClHO4.FH2P/c1-11-3-7-14(8-4-11)16-15-9-5-13(6-10-15)12(2)17;14-2-1-3(15)6(17)12(5(2)16)24-13(23)4-7(18)9(20)11(22)10(21)8(4)19;14-7-3-1-6(2-4-7)13(19)20-12-10(17)8(15)5-9(16)11(12)18;1-6-2-3-7(5-18-6)13(19)20-12-10(16)8(14)4-9(15)11(12)17;13-6-3-7(14)10(17)11(9(6)16)20-12(19)5-1-2-8(15)18-4-5;1-5(17)6-7(12)9(14)11(16(2,3)4)10(15)8(6)13;1-2;2-1(3,4)8(5,6)7;;;;2-1(3,4)5;1-2/h3-10H,1-2H3;1H;1-5H;2-5H,1H3;1-4H;1-4H3;1-2H3;(H,5,6,7);3*1H4;(H,2,3,4,5);2H2/q+1;;;;;+1;;;;;;;/p-2/i;22-1;14-1;;15-1;;1T;;;;;;. The maximum Gasteiger partial charge on any atom is 0.485 e. The molecule has 0 saturated carbocycles. The number of carbonyl (C=O) groups excluding carboxylic acids is 6. The van der Waals surface area contributed by atoms with Crippen molar-refractivity contribution in [1.82, 2.24) is 14.5 Å². The van der Waals surface area contributed by atoms with Crippen LogP contribution in [0.5, 0.6) is 23.0 Å². The Morgan fingerprint density at radius 2 is 0.638 bits per heavy atom. The number of ketones is 2. The van der Waals surface area contributed by atoms with Gasteiger partial charge in [0.15, 0.2) is 110 Å². The van der Waals surface area contributed by atoms with Crippen molar-refractivity contribution in [2.45, 2.75) is 69.3 Å². The third-order valence-corrected chi connectivity index (χ3v) is 17.9. The number of Topliss-reactive ketones (excluding diaryl/α,β-unsaturated/α-hetero) is 2. The monoisotopic (exact) mass is 2190 g/mol. The molecule has 1 atom stereocenters. The van der Waals surface area contributed by atoms with E-state index in [1.807, 2.05) is 12.1 Å². The zero-order valence-electron chi connectivity index (χ0n) is 68.6. The highest BCUT2D eigenvalue weighted by atomic mass is 127. The maximum absolute atomic E-state index is 13.6. The Labute approximate surface area is 775 Å². The Balaban J connectivity index is 0. The molecule has 754 valence electrons. The Kier molecular flexibility index (Phi) is 50.7. The van der Waals surface area contributed by atoms with Gasteiger partial charge in [-0.1, -0.05) is 53.8 Å². The fourth-order valence-corrected chi connectivity index (χ4v) is 10.8. The first-order chi connectivity index (χ1) is 62.7. The van der Waals surface area contributed by atoms with Crippen molar-refractivity contribution in [3.8, 4) is 23.0 Å². The lowest BCUT2D eigenvalue weighted by molar-refractivity contribution is -2.00. The van der Waals surface area contributed by atoms with Gasteiger partial charge in [0.1, 0.15) is 11.4 Å². The number of halogens is 33. The predicted octanol–water partition coefficient (Wildman–Crippen LogP) is 15.9. The predicted molar refractivity (Wildman–Crippen MR) is 410 cm³/mol. The molecular formula is C83H63ClF31IN3O17PS. The van der Waals surface area contributed by atoms with Crippen molar-refractivity contribution < 1.29 is 248 Å². The maximum atomic E-state index is 13.6. The minimum absolute atomic E-state index is 0. The molecule has 2 aromatic heterocycles. The number of hydrogen-bond acceptors (Lipinski definition) is 19. The van der Waals surface area contributed by atoms with Gasteiger partial charge in [-0.05, 0) is 113 Å². The van der Waals surface area contributed by atoms with Crippen LogP contribution in [0.1, 0.15) is 125 Å². The average molecular weight is 2190 g/mol. The summed E-state index contributed by atoms with van der Waals surface area (Å²) in [6.07, 6.45) is 1.85. The number of aryl methyl sites for hydroxylation is 2. The molecule has 0 aliphatic rings. The summed E-state index contributed by atoms with van der Waals surface area (Å²) in [7, 11) is -6.05. The summed E-state index contributed by atoms with van der Waals surface area (Å²) in [5.74, 6) is -64.3. The van der Waals surface area contributed by atoms with Gasteiger partial charge >= 0.3 is 50.6 Å². The Morgan fingerprint density at radius 1 is 0.384 bits per heavy atom. The summed E-state index contributed by atoms with van der Waals surface area (Å²) in [4.78, 5) is 75.1. The number of aromatic nitrogens is 2. The summed E-state index contributed by atoms with van der Waals surface area (Å²) < 4.78 is 482. The fraction of sp³-hybridized carbons (Fsp3) is 0.157. The van der Waals surface area contributed by atoms with Crippen molar-refractivity contribution in [2.24, 2.45) is 0 Å². The van der Waals surface area contributed by atoms with Crippen LogP contribution in [0.3, 0.4) is 0 Å². The number of ether oxygens (including phenoxy) is 4. The van der Waals surface area contributed by atoms with E-state index in [9.17, 15) is 165 Å². The highest BCUT2D eigenvalue weighted by molar-refractivity contribution is 7.86. The molecule has 138 heavy (non-hydrogen) atoms. The smallest absolute Gasteiger partial charge is 0.485 e. The number of benzene rings is 9. The Bertz CT molecular complexity index is 5800. The average Bonchev–Trinajstić information content (AvgIpc) is 0.765. The van der Waals surface area contributed by atoms with E-state index < -0.39 is 257 Å². The quantitative estimate of drug-likeness (QED) is 0.00841. The van der Waals surface area contributed by atoms with Gasteiger partial charge in [-0.15, -0.1) is 10.2 Å². The van der Waals surface area contributed by atoms with E-state index >= 15 is 0 Å². The number of esters is 4. The molecule has 0 amide bonds. The molecule has 0 aliphatic heterocycles. The van der Waals surface area contributed by atoms with E-state index in [-0.39, 0.29) is 90.2 Å². The molecule has 0 radical (unpaired) electrons. The molecule has 55 heteroatoms. The molecule has 0 N–H and O–H groups in total. The lowest BCUT2D eigenvalue weighted by Crippen LogP contribution is -3.61. The van der Waals surface area contributed by atoms with E-state index in [1.54, 1.807) is 20.8 Å². The van der Waals surface area contributed by atoms with Gasteiger partial charge < -0.3 is 23.5 Å². The van der Waals surface area contributed by atoms with Crippen LogP contribution in [0.2, 0.25) is 0 Å². The SMILES string of the molecule is C.C.C.CC(=O)c1c(F)c(F)c([N+](C)(C)C)c(F)c1F.CC(=O)c1ccc([I+]c2ccc(C)cc2)cc1.Cc1ccc(C(=O)Oc2c(F)c(F)cc(F)c2F)cn1.FP.O=C(Oc1c(F)c(F)cc(F)c1F)c1c(F)c(F)c([18F])c(F)c1F.O=C(Oc1c(F)c(F)cc(F)c1F)c1ccc([18F])cc1.O=C(Oc1c(F)c(F)cc(F)c1F)c1ccc([18F])nc1.O=S(=O)([O-])C(F)(F)F.[3H]CC.[O-][Cl+3]([O-])([O-])[O-]. The molecule has 20 nitrogen and oxygen atoms in total. The summed E-state index contributed by atoms with van der Waals surface area (Å²) in [5, 5.41) is 0. The minimum atomic E-state index is -6.09. The lowest BCUT2D eigenvalue weighted by atomic mass is 10.1. The van der Waals surface area contributed by atoms with E-state index in [1.165, 1.54) is 46.0 Å². The number of hydrogen-bond donors (Lipinski definition) is 0. The van der Waals surface area contributed by atoms with Gasteiger partial charge in [0, 0.05) is 49.3 Å². The highest BCUT2D eigenvalue weighted by Crippen LogP contribution is 2.36. The normalized spacial score (nSPS) is 10.6. The minimum Gasteiger partial charge on any atom is -0.741 e. The largest absolute Gasteiger partial charge is 0.741 e. The molecule has 11 aromatic rings. The molecule has 0 bridgehead atoms. The summed E-state index contributed by atoms with van der Waals surface area (Å²) in [6.45, 7) is 8.50. The van der Waals surface area contributed by atoms with Gasteiger partial charge in [-0.3, -0.25) is 19.1 Å². The molecule has 2 heterocycles. The third kappa shape index (κ3) is 36.8. The van der Waals surface area contributed by atoms with Crippen LogP contribution in [-0.2, 0) is 10.1 Å². The topological polar surface area (TPSA) is 315 Å². The molecule has 9 aromatic carbocycles. The first kappa shape index (κ1) is 125. The van der Waals surface area contributed by atoms with E-state index in [0.717, 1.165) is 70.8 Å². The first-order valence-electron chi connectivity index (χ1n) is 35.1. The van der Waals surface area contributed by atoms with Crippen molar-refractivity contribution in [2.75, 3.05) is 21.1 Å². The number of carbonyl (C=O) groups is 6. The third-order valence-electron chi connectivity index (χ3n) is 14.7. The number of pyridine rings is 2. The van der Waals surface area contributed by atoms with Crippen molar-refractivity contribution in [1.29, 1.82) is 0 Å². The van der Waals surface area contributed by atoms with Crippen LogP contribution in [0.15, 0.2) is 134 Å². The lowest BCUT2D eigenvalue weighted by Gasteiger charge is -2.25. The van der Waals surface area contributed by atoms with E-state index in [4.69, 9.17) is 33.0 Å². The van der Waals surface area contributed by atoms with E-state index in [0.29, 0.717) is 12.6 Å². The van der Waals surface area contributed by atoms with Crippen LogP contribution >= 0.6 is 9.55 Å². The van der Waals surface area contributed by atoms with Gasteiger partial charge in [0.05, 0.1) is 52.9 Å². The van der Waals surface area contributed by atoms with Crippen molar-refractivity contribution in [3.63, 3.8) is 0 Å². The summed E-state index contributed by atoms with van der Waals surface area (Å²) in [5.41, 5.74) is -7.80. The molecular weight excluding hydrogens is 2120 g/mol. The summed E-state index contributed by atoms with van der Waals surface area (Å²) in [6, 6.07) is 24.7. The molecule has 0 fully saturated rings. The van der Waals surface area contributed by atoms with Crippen molar-refractivity contribution in [3.05, 3.63) is 343 Å². The number of quaternary nitrogens is 1. The first-order valence-corrected chi connectivity index (χ1v) is 39.6.